The highest BCUT2D eigenvalue weighted by molar-refractivity contribution is 5.87. The van der Waals surface area contributed by atoms with E-state index in [2.05, 4.69) is 10.4 Å². The first-order chi connectivity index (χ1) is 9.96. The molecule has 6 nitrogen and oxygen atoms in total. The SMILES string of the molecule is CCCC(C)(NC(=O)Cn1ncc2ccccc21)C(=O)O. The van der Waals surface area contributed by atoms with Crippen LogP contribution in [0.2, 0.25) is 0 Å². The fraction of sp³-hybridized carbons (Fsp3) is 0.400. The van der Waals surface area contributed by atoms with Crippen molar-refractivity contribution in [1.82, 2.24) is 15.1 Å². The summed E-state index contributed by atoms with van der Waals surface area (Å²) >= 11 is 0. The summed E-state index contributed by atoms with van der Waals surface area (Å²) in [5.41, 5.74) is -0.394. The number of para-hydroxylation sites is 1. The Hall–Kier alpha value is -2.37. The second kappa shape index (κ2) is 5.95. The van der Waals surface area contributed by atoms with Gasteiger partial charge >= 0.3 is 5.97 Å². The number of nitrogens with zero attached hydrogens (tertiary/aromatic N) is 2. The van der Waals surface area contributed by atoms with Crippen LogP contribution in [0.5, 0.6) is 0 Å². The molecule has 1 unspecified atom stereocenters. The molecule has 1 aromatic heterocycles. The maximum atomic E-state index is 12.1. The standard InChI is InChI=1S/C15H19N3O3/c1-3-8-15(2,14(20)21)17-13(19)10-18-12-7-5-4-6-11(12)9-16-18/h4-7,9H,3,8,10H2,1-2H3,(H,17,19)(H,20,21). The Balaban J connectivity index is 2.12. The lowest BCUT2D eigenvalue weighted by Gasteiger charge is -2.25. The number of hydrogen-bond donors (Lipinski definition) is 2. The van der Waals surface area contributed by atoms with Crippen LogP contribution in [-0.4, -0.2) is 32.3 Å². The van der Waals surface area contributed by atoms with Crippen molar-refractivity contribution in [2.24, 2.45) is 0 Å². The van der Waals surface area contributed by atoms with E-state index < -0.39 is 11.5 Å². The molecular formula is C15H19N3O3. The molecule has 112 valence electrons. The van der Waals surface area contributed by atoms with Gasteiger partial charge in [0.05, 0.1) is 11.7 Å². The van der Waals surface area contributed by atoms with Crippen molar-refractivity contribution in [3.8, 4) is 0 Å². The summed E-state index contributed by atoms with van der Waals surface area (Å²) in [5.74, 6) is -1.38. The predicted molar refractivity (Wildman–Crippen MR) is 78.8 cm³/mol. The molecule has 0 aliphatic carbocycles. The summed E-state index contributed by atoms with van der Waals surface area (Å²) in [6.07, 6.45) is 2.74. The zero-order valence-electron chi connectivity index (χ0n) is 12.2. The number of rotatable bonds is 6. The lowest BCUT2D eigenvalue weighted by Crippen LogP contribution is -2.53. The monoisotopic (exact) mass is 289 g/mol. The van der Waals surface area contributed by atoms with Gasteiger partial charge in [0.1, 0.15) is 12.1 Å². The predicted octanol–water partition coefficient (Wildman–Crippen LogP) is 1.80. The summed E-state index contributed by atoms with van der Waals surface area (Å²) in [5, 5.41) is 17.0. The molecule has 2 rings (SSSR count). The van der Waals surface area contributed by atoms with E-state index in [1.807, 2.05) is 31.2 Å². The van der Waals surface area contributed by atoms with Gasteiger partial charge in [0.15, 0.2) is 0 Å². The van der Waals surface area contributed by atoms with Gasteiger partial charge in [-0.3, -0.25) is 9.48 Å². The van der Waals surface area contributed by atoms with E-state index in [4.69, 9.17) is 0 Å². The third kappa shape index (κ3) is 3.21. The van der Waals surface area contributed by atoms with E-state index in [1.165, 1.54) is 6.92 Å². The number of carbonyl (C=O) groups is 2. The van der Waals surface area contributed by atoms with Crippen LogP contribution < -0.4 is 5.32 Å². The van der Waals surface area contributed by atoms with Crippen LogP contribution in [0.3, 0.4) is 0 Å². The number of hydrogen-bond acceptors (Lipinski definition) is 3. The highest BCUT2D eigenvalue weighted by Gasteiger charge is 2.33. The highest BCUT2D eigenvalue weighted by atomic mass is 16.4. The second-order valence-corrected chi connectivity index (χ2v) is 5.30. The van der Waals surface area contributed by atoms with Crippen LogP contribution in [0, 0.1) is 0 Å². The zero-order valence-corrected chi connectivity index (χ0v) is 12.2. The first-order valence-corrected chi connectivity index (χ1v) is 6.91. The number of nitrogens with one attached hydrogen (secondary N) is 1. The summed E-state index contributed by atoms with van der Waals surface area (Å²) < 4.78 is 1.57. The molecule has 0 radical (unpaired) electrons. The average molecular weight is 289 g/mol. The lowest BCUT2D eigenvalue weighted by molar-refractivity contribution is -0.147. The number of fused-ring (bicyclic) bond motifs is 1. The molecule has 2 N–H and O–H groups in total. The van der Waals surface area contributed by atoms with Crippen LogP contribution in [0.1, 0.15) is 26.7 Å². The van der Waals surface area contributed by atoms with E-state index in [9.17, 15) is 14.7 Å². The Bertz CT molecular complexity index is 665. The van der Waals surface area contributed by atoms with Gasteiger partial charge in [0, 0.05) is 5.39 Å². The fourth-order valence-corrected chi connectivity index (χ4v) is 2.36. The molecule has 6 heteroatoms. The number of carbonyl (C=O) groups excluding carboxylic acids is 1. The van der Waals surface area contributed by atoms with Crippen LogP contribution in [0.15, 0.2) is 30.5 Å². The molecule has 0 spiro atoms. The van der Waals surface area contributed by atoms with Crippen molar-refractivity contribution >= 4 is 22.8 Å². The second-order valence-electron chi connectivity index (χ2n) is 5.30. The normalized spacial score (nSPS) is 13.8. The van der Waals surface area contributed by atoms with E-state index in [-0.39, 0.29) is 12.5 Å². The Kier molecular flexibility index (Phi) is 4.26. The molecular weight excluding hydrogens is 270 g/mol. The minimum Gasteiger partial charge on any atom is -0.480 e. The van der Waals surface area contributed by atoms with Crippen molar-refractivity contribution < 1.29 is 14.7 Å². The maximum absolute atomic E-state index is 12.1. The quantitative estimate of drug-likeness (QED) is 0.849. The average Bonchev–Trinajstić information content (AvgIpc) is 2.82. The van der Waals surface area contributed by atoms with E-state index in [0.29, 0.717) is 12.8 Å². The van der Waals surface area contributed by atoms with Crippen molar-refractivity contribution in [2.75, 3.05) is 0 Å². The number of carboxylic acids is 1. The molecule has 1 atom stereocenters. The minimum atomic E-state index is -1.24. The molecule has 2 aromatic rings. The van der Waals surface area contributed by atoms with Gasteiger partial charge in [0.2, 0.25) is 5.91 Å². The van der Waals surface area contributed by atoms with Gasteiger partial charge in [-0.1, -0.05) is 31.5 Å². The summed E-state index contributed by atoms with van der Waals surface area (Å²) in [7, 11) is 0. The van der Waals surface area contributed by atoms with E-state index >= 15 is 0 Å². The zero-order chi connectivity index (χ0) is 15.5. The van der Waals surface area contributed by atoms with Crippen LogP contribution in [0.25, 0.3) is 10.9 Å². The molecule has 21 heavy (non-hydrogen) atoms. The number of benzene rings is 1. The topological polar surface area (TPSA) is 84.2 Å². The molecule has 1 amide bonds. The van der Waals surface area contributed by atoms with Gasteiger partial charge < -0.3 is 10.4 Å². The summed E-state index contributed by atoms with van der Waals surface area (Å²) in [6.45, 7) is 3.41. The van der Waals surface area contributed by atoms with Crippen molar-refractivity contribution in [1.29, 1.82) is 0 Å². The lowest BCUT2D eigenvalue weighted by atomic mass is 9.96. The Morgan fingerprint density at radius 3 is 2.76 bits per heavy atom. The molecule has 0 aliphatic heterocycles. The molecule has 0 saturated carbocycles. The molecule has 0 saturated heterocycles. The van der Waals surface area contributed by atoms with Crippen LogP contribution >= 0.6 is 0 Å². The van der Waals surface area contributed by atoms with Crippen LogP contribution in [-0.2, 0) is 16.1 Å². The van der Waals surface area contributed by atoms with Gasteiger partial charge in [-0.15, -0.1) is 0 Å². The molecule has 0 aliphatic rings. The highest BCUT2D eigenvalue weighted by Crippen LogP contribution is 2.14. The van der Waals surface area contributed by atoms with E-state index in [1.54, 1.807) is 10.9 Å². The molecule has 1 heterocycles. The van der Waals surface area contributed by atoms with Crippen molar-refractivity contribution in [3.63, 3.8) is 0 Å². The third-order valence-corrected chi connectivity index (χ3v) is 3.48. The number of carboxylic acid groups (broad SMARTS) is 1. The summed E-state index contributed by atoms with van der Waals surface area (Å²) in [6, 6.07) is 7.56. The molecule has 0 fully saturated rings. The van der Waals surface area contributed by atoms with E-state index in [0.717, 1.165) is 10.9 Å². The fourth-order valence-electron chi connectivity index (χ4n) is 2.36. The first kappa shape index (κ1) is 15.0. The van der Waals surface area contributed by atoms with Gasteiger partial charge in [0.25, 0.3) is 0 Å². The number of aromatic nitrogens is 2. The summed E-state index contributed by atoms with van der Waals surface area (Å²) in [4.78, 5) is 23.4. The largest absolute Gasteiger partial charge is 0.480 e. The Morgan fingerprint density at radius 1 is 1.38 bits per heavy atom. The maximum Gasteiger partial charge on any atom is 0.329 e. The van der Waals surface area contributed by atoms with Gasteiger partial charge in [-0.05, 0) is 19.4 Å². The minimum absolute atomic E-state index is 0.0000968. The first-order valence-electron chi connectivity index (χ1n) is 6.91. The molecule has 1 aromatic carbocycles. The third-order valence-electron chi connectivity index (χ3n) is 3.48. The molecule has 0 bridgehead atoms. The van der Waals surface area contributed by atoms with Crippen LogP contribution in [0.4, 0.5) is 0 Å². The van der Waals surface area contributed by atoms with Gasteiger partial charge in [-0.2, -0.15) is 5.10 Å². The number of aliphatic carboxylic acids is 1. The van der Waals surface area contributed by atoms with Crippen molar-refractivity contribution in [3.05, 3.63) is 30.5 Å². The Labute approximate surface area is 122 Å². The van der Waals surface area contributed by atoms with Gasteiger partial charge in [-0.25, -0.2) is 4.79 Å². The smallest absolute Gasteiger partial charge is 0.329 e. The Morgan fingerprint density at radius 2 is 2.10 bits per heavy atom. The number of amides is 1. The van der Waals surface area contributed by atoms with Crippen molar-refractivity contribution in [2.45, 2.75) is 38.8 Å².